The minimum absolute atomic E-state index is 0.225. The second-order valence-electron chi connectivity index (χ2n) is 5.98. The zero-order valence-electron chi connectivity index (χ0n) is 15.4. The van der Waals surface area contributed by atoms with E-state index in [4.69, 9.17) is 21.1 Å². The topological polar surface area (TPSA) is 69.6 Å². The van der Waals surface area contributed by atoms with Gasteiger partial charge in [0, 0.05) is 23.3 Å². The first-order chi connectivity index (χ1) is 13.5. The van der Waals surface area contributed by atoms with Crippen molar-refractivity contribution in [2.75, 3.05) is 14.2 Å². The molecule has 3 aromatic rings. The third-order valence-corrected chi connectivity index (χ3v) is 5.28. The summed E-state index contributed by atoms with van der Waals surface area (Å²) in [5.41, 5.74) is 1.70. The highest BCUT2D eigenvalue weighted by Crippen LogP contribution is 2.23. The van der Waals surface area contributed by atoms with E-state index in [0.29, 0.717) is 22.2 Å². The number of nitrogens with one attached hydrogen (secondary N) is 1. The number of hydrogen-bond acceptors (Lipinski definition) is 5. The van der Waals surface area contributed by atoms with Gasteiger partial charge in [-0.1, -0.05) is 35.1 Å². The number of rotatable bonds is 7. The lowest BCUT2D eigenvalue weighted by molar-refractivity contribution is 0.0954. The number of ether oxygens (including phenoxy) is 2. The number of aromatic nitrogens is 1. The molecule has 0 fully saturated rings. The van der Waals surface area contributed by atoms with Crippen molar-refractivity contribution in [3.05, 3.63) is 79.4 Å². The Morgan fingerprint density at radius 3 is 2.57 bits per heavy atom. The van der Waals surface area contributed by atoms with Gasteiger partial charge in [0.1, 0.15) is 16.4 Å². The Morgan fingerprint density at radius 2 is 1.89 bits per heavy atom. The second-order valence-corrected chi connectivity index (χ2v) is 7.41. The number of halogens is 1. The average molecular weight is 419 g/mol. The van der Waals surface area contributed by atoms with E-state index >= 15 is 0 Å². The number of hydrogen-bond donors (Lipinski definition) is 1. The van der Waals surface area contributed by atoms with E-state index in [2.05, 4.69) is 5.32 Å². The third-order valence-electron chi connectivity index (χ3n) is 4.12. The van der Waals surface area contributed by atoms with Gasteiger partial charge in [0.25, 0.3) is 5.91 Å². The minimum Gasteiger partial charge on any atom is -0.497 e. The Labute approximate surface area is 171 Å². The summed E-state index contributed by atoms with van der Waals surface area (Å²) in [6.07, 6.45) is 1.55. The standard InChI is InChI=1S/C20H19ClN2O4S/c1-26-16-6-3-13(4-7-16)10-22-19(24)18-12-23(20(25)28-18)11-14-9-15(21)5-8-17(14)27-2/h3-9,12H,10-11H2,1-2H3,(H,22,24). The molecule has 1 aromatic heterocycles. The van der Waals surface area contributed by atoms with Crippen molar-refractivity contribution in [3.63, 3.8) is 0 Å². The quantitative estimate of drug-likeness (QED) is 0.637. The number of amides is 1. The lowest BCUT2D eigenvalue weighted by atomic mass is 10.2. The lowest BCUT2D eigenvalue weighted by Gasteiger charge is -2.09. The van der Waals surface area contributed by atoms with E-state index in [-0.39, 0.29) is 17.3 Å². The summed E-state index contributed by atoms with van der Waals surface area (Å²) in [5, 5.41) is 3.37. The molecule has 2 aromatic carbocycles. The predicted molar refractivity (Wildman–Crippen MR) is 110 cm³/mol. The summed E-state index contributed by atoms with van der Waals surface area (Å²) >= 11 is 6.94. The molecule has 146 valence electrons. The van der Waals surface area contributed by atoms with Crippen molar-refractivity contribution < 1.29 is 14.3 Å². The molecule has 0 aliphatic heterocycles. The first-order valence-electron chi connectivity index (χ1n) is 8.44. The van der Waals surface area contributed by atoms with E-state index in [1.165, 1.54) is 4.57 Å². The minimum atomic E-state index is -0.297. The molecule has 0 aliphatic rings. The highest BCUT2D eigenvalue weighted by atomic mass is 35.5. The Bertz CT molecular complexity index is 1030. The van der Waals surface area contributed by atoms with E-state index < -0.39 is 0 Å². The zero-order valence-corrected chi connectivity index (χ0v) is 17.0. The molecule has 3 rings (SSSR count). The zero-order chi connectivity index (χ0) is 20.1. The summed E-state index contributed by atoms with van der Waals surface area (Å²) in [4.78, 5) is 24.8. The molecule has 1 heterocycles. The van der Waals surface area contributed by atoms with Gasteiger partial charge >= 0.3 is 4.87 Å². The van der Waals surface area contributed by atoms with Crippen LogP contribution in [0.4, 0.5) is 0 Å². The van der Waals surface area contributed by atoms with Gasteiger partial charge in [0.15, 0.2) is 0 Å². The molecule has 1 amide bonds. The summed E-state index contributed by atoms with van der Waals surface area (Å²) in [5.74, 6) is 1.09. The van der Waals surface area contributed by atoms with Gasteiger partial charge in [-0.25, -0.2) is 0 Å². The molecule has 8 heteroatoms. The third kappa shape index (κ3) is 4.74. The number of carbonyl (C=O) groups excluding carboxylic acids is 1. The molecule has 0 saturated carbocycles. The van der Waals surface area contributed by atoms with Gasteiger partial charge < -0.3 is 19.4 Å². The molecule has 0 aliphatic carbocycles. The Morgan fingerprint density at radius 1 is 1.14 bits per heavy atom. The van der Waals surface area contributed by atoms with Crippen LogP contribution in [0.3, 0.4) is 0 Å². The summed E-state index contributed by atoms with van der Waals surface area (Å²) in [6.45, 7) is 0.627. The van der Waals surface area contributed by atoms with Crippen molar-refractivity contribution in [1.29, 1.82) is 0 Å². The molecular weight excluding hydrogens is 400 g/mol. The largest absolute Gasteiger partial charge is 0.497 e. The maximum atomic E-state index is 12.4. The van der Waals surface area contributed by atoms with Crippen molar-refractivity contribution in [1.82, 2.24) is 9.88 Å². The average Bonchev–Trinajstić information content (AvgIpc) is 3.07. The normalized spacial score (nSPS) is 10.5. The van der Waals surface area contributed by atoms with Crippen molar-refractivity contribution in [2.24, 2.45) is 0 Å². The van der Waals surface area contributed by atoms with Crippen LogP contribution >= 0.6 is 22.9 Å². The van der Waals surface area contributed by atoms with Crippen LogP contribution < -0.4 is 19.7 Å². The maximum absolute atomic E-state index is 12.4. The van der Waals surface area contributed by atoms with Gasteiger partial charge in [-0.3, -0.25) is 9.59 Å². The van der Waals surface area contributed by atoms with Crippen LogP contribution in [0.25, 0.3) is 0 Å². The molecule has 0 spiro atoms. The van der Waals surface area contributed by atoms with E-state index in [1.54, 1.807) is 38.6 Å². The van der Waals surface area contributed by atoms with Crippen LogP contribution in [0.5, 0.6) is 11.5 Å². The van der Waals surface area contributed by atoms with Crippen molar-refractivity contribution in [2.45, 2.75) is 13.1 Å². The molecule has 0 atom stereocenters. The summed E-state index contributed by atoms with van der Waals surface area (Å²) in [6, 6.07) is 12.6. The first-order valence-corrected chi connectivity index (χ1v) is 9.63. The fourth-order valence-electron chi connectivity index (χ4n) is 2.66. The van der Waals surface area contributed by atoms with Gasteiger partial charge in [-0.05, 0) is 35.9 Å². The number of benzene rings is 2. The van der Waals surface area contributed by atoms with Gasteiger partial charge in [0.2, 0.25) is 0 Å². The van der Waals surface area contributed by atoms with Crippen LogP contribution in [0, 0.1) is 0 Å². The molecule has 0 radical (unpaired) electrons. The fourth-order valence-corrected chi connectivity index (χ4v) is 3.62. The molecule has 6 nitrogen and oxygen atoms in total. The van der Waals surface area contributed by atoms with Gasteiger partial charge in [-0.15, -0.1) is 0 Å². The molecule has 1 N–H and O–H groups in total. The van der Waals surface area contributed by atoms with Crippen LogP contribution in [0.2, 0.25) is 5.02 Å². The highest BCUT2D eigenvalue weighted by Gasteiger charge is 2.14. The summed E-state index contributed by atoms with van der Waals surface area (Å²) in [7, 11) is 3.16. The lowest BCUT2D eigenvalue weighted by Crippen LogP contribution is -2.21. The number of carbonyl (C=O) groups is 1. The van der Waals surface area contributed by atoms with Crippen LogP contribution in [-0.2, 0) is 13.1 Å². The fraction of sp³-hybridized carbons (Fsp3) is 0.200. The van der Waals surface area contributed by atoms with E-state index in [1.807, 2.05) is 24.3 Å². The molecular formula is C20H19ClN2O4S. The van der Waals surface area contributed by atoms with Crippen LogP contribution in [-0.4, -0.2) is 24.7 Å². The Hall–Kier alpha value is -2.77. The molecule has 0 unspecified atom stereocenters. The maximum Gasteiger partial charge on any atom is 0.308 e. The Balaban J connectivity index is 1.70. The van der Waals surface area contributed by atoms with Crippen molar-refractivity contribution in [3.8, 4) is 11.5 Å². The monoisotopic (exact) mass is 418 g/mol. The number of methoxy groups -OCH3 is 2. The summed E-state index contributed by atoms with van der Waals surface area (Å²) < 4.78 is 11.9. The SMILES string of the molecule is COc1ccc(CNC(=O)c2cn(Cc3cc(Cl)ccc3OC)c(=O)s2)cc1. The molecule has 0 bridgehead atoms. The van der Waals surface area contributed by atoms with E-state index in [0.717, 1.165) is 28.2 Å². The molecule has 0 saturated heterocycles. The predicted octanol–water partition coefficient (Wildman–Crippen LogP) is 3.56. The van der Waals surface area contributed by atoms with Crippen LogP contribution in [0.15, 0.2) is 53.5 Å². The van der Waals surface area contributed by atoms with Gasteiger partial charge in [-0.2, -0.15) is 0 Å². The smallest absolute Gasteiger partial charge is 0.308 e. The number of thiazole rings is 1. The Kier molecular flexibility index (Phi) is 6.38. The number of nitrogens with zero attached hydrogens (tertiary/aromatic N) is 1. The van der Waals surface area contributed by atoms with Crippen molar-refractivity contribution >= 4 is 28.8 Å². The highest BCUT2D eigenvalue weighted by molar-refractivity contribution is 7.11. The van der Waals surface area contributed by atoms with Crippen LogP contribution in [0.1, 0.15) is 20.8 Å². The van der Waals surface area contributed by atoms with Gasteiger partial charge in [0.05, 0.1) is 20.8 Å². The second kappa shape index (κ2) is 8.95. The first kappa shape index (κ1) is 20.0. The van der Waals surface area contributed by atoms with E-state index in [9.17, 15) is 9.59 Å². The molecule has 28 heavy (non-hydrogen) atoms.